The first-order chi connectivity index (χ1) is 23.8. The number of rotatable bonds is 14. The van der Waals surface area contributed by atoms with Crippen LogP contribution in [0.2, 0.25) is 0 Å². The number of nitrogens with one attached hydrogen (secondary N) is 3. The van der Waals surface area contributed by atoms with Gasteiger partial charge < -0.3 is 20.3 Å². The molecule has 1 aromatic rings. The highest BCUT2D eigenvalue weighted by atomic mass is 35.5. The zero-order valence-corrected chi connectivity index (χ0v) is 30.1. The SMILES string of the molecule is COCCNC(=O)CCSCC1=CC(C(=O)Nc2ccc(N3CCCCC3)cc2C(=O)N/N=C\C2=CC(C(F)(F)F)C(C)(Cl)C=C2)C(C)C=C1. The number of halogens is 4. The summed E-state index contributed by atoms with van der Waals surface area (Å²) in [6.07, 6.45) is 9.68. The Hall–Kier alpha value is -3.55. The van der Waals surface area contributed by atoms with Gasteiger partial charge in [0.25, 0.3) is 5.91 Å². The fourth-order valence-electron chi connectivity index (χ4n) is 5.87. The van der Waals surface area contributed by atoms with E-state index in [-0.39, 0.29) is 28.9 Å². The van der Waals surface area contributed by atoms with Gasteiger partial charge in [0.1, 0.15) is 0 Å². The van der Waals surface area contributed by atoms with Crippen LogP contribution in [-0.2, 0) is 14.3 Å². The topological polar surface area (TPSA) is 112 Å². The Labute approximate surface area is 300 Å². The predicted octanol–water partition coefficient (Wildman–Crippen LogP) is 6.64. The van der Waals surface area contributed by atoms with Crippen molar-refractivity contribution in [3.63, 3.8) is 0 Å². The van der Waals surface area contributed by atoms with E-state index in [2.05, 4.69) is 26.1 Å². The Kier molecular flexibility index (Phi) is 14.2. The van der Waals surface area contributed by atoms with Crippen LogP contribution in [0.5, 0.6) is 0 Å². The van der Waals surface area contributed by atoms with Crippen LogP contribution >= 0.6 is 23.4 Å². The van der Waals surface area contributed by atoms with E-state index in [1.54, 1.807) is 31.0 Å². The van der Waals surface area contributed by atoms with E-state index >= 15 is 0 Å². The lowest BCUT2D eigenvalue weighted by atomic mass is 9.86. The first-order valence-corrected chi connectivity index (χ1v) is 18.2. The van der Waals surface area contributed by atoms with Crippen molar-refractivity contribution in [3.8, 4) is 0 Å². The third-order valence-corrected chi connectivity index (χ3v) is 10.2. The first kappa shape index (κ1) is 39.2. The molecular weight excluding hydrogens is 691 g/mol. The molecule has 4 unspecified atom stereocenters. The van der Waals surface area contributed by atoms with Crippen molar-refractivity contribution in [3.05, 3.63) is 71.4 Å². The molecule has 3 aliphatic rings. The molecular formula is C36H45ClF3N5O4S. The highest BCUT2D eigenvalue weighted by Crippen LogP contribution is 2.43. The molecule has 4 atom stereocenters. The highest BCUT2D eigenvalue weighted by Gasteiger charge is 2.49. The Bertz CT molecular complexity index is 1540. The third-order valence-electron chi connectivity index (χ3n) is 8.78. The molecule has 3 amide bonds. The molecule has 1 saturated heterocycles. The number of methoxy groups -OCH3 is 1. The third kappa shape index (κ3) is 11.2. The summed E-state index contributed by atoms with van der Waals surface area (Å²) in [5, 5.41) is 9.68. The highest BCUT2D eigenvalue weighted by molar-refractivity contribution is 7.99. The van der Waals surface area contributed by atoms with E-state index in [0.717, 1.165) is 55.9 Å². The Morgan fingerprint density at radius 2 is 1.92 bits per heavy atom. The maximum absolute atomic E-state index is 13.7. The maximum atomic E-state index is 13.7. The normalized spacial score (nSPS) is 23.7. The Morgan fingerprint density at radius 1 is 1.16 bits per heavy atom. The summed E-state index contributed by atoms with van der Waals surface area (Å²) < 4.78 is 45.7. The fourth-order valence-corrected chi connectivity index (χ4v) is 7.03. The summed E-state index contributed by atoms with van der Waals surface area (Å²) in [6, 6.07) is 5.27. The van der Waals surface area contributed by atoms with Crippen molar-refractivity contribution >= 4 is 58.7 Å². The standard InChI is InChI=1S/C36H45ClF3N5O4S/c1-24-7-8-26(23-50-18-12-32(46)41-14-17-49-3)19-28(24)33(47)43-30-10-9-27(45-15-5-4-6-16-45)21-29(30)34(48)44-42-22-25-11-13-35(2,37)31(20-25)36(38,39)40/h7-11,13,19-22,24,28,31H,4-6,12,14-18,23H2,1-3H3,(H,41,46)(H,43,47)(H,44,48)/b42-22-. The summed E-state index contributed by atoms with van der Waals surface area (Å²) >= 11 is 7.69. The number of benzene rings is 1. The number of amides is 3. The van der Waals surface area contributed by atoms with Crippen LogP contribution in [0, 0.1) is 17.8 Å². The van der Waals surface area contributed by atoms with Gasteiger partial charge in [-0.05, 0) is 61.4 Å². The van der Waals surface area contributed by atoms with Crippen molar-refractivity contribution in [1.29, 1.82) is 0 Å². The van der Waals surface area contributed by atoms with Crippen LogP contribution < -0.4 is 21.0 Å². The van der Waals surface area contributed by atoms with Gasteiger partial charge in [-0.1, -0.05) is 43.4 Å². The van der Waals surface area contributed by atoms with Gasteiger partial charge in [-0.15, -0.1) is 11.6 Å². The van der Waals surface area contributed by atoms with E-state index in [4.69, 9.17) is 16.3 Å². The van der Waals surface area contributed by atoms with Gasteiger partial charge in [0.15, 0.2) is 0 Å². The Balaban J connectivity index is 1.46. The number of allylic oxidation sites excluding steroid dienone is 6. The van der Waals surface area contributed by atoms with Gasteiger partial charge in [-0.25, -0.2) is 5.43 Å². The van der Waals surface area contributed by atoms with Crippen LogP contribution in [0.4, 0.5) is 24.5 Å². The van der Waals surface area contributed by atoms with Crippen LogP contribution in [0.1, 0.15) is 49.9 Å². The molecule has 2 aliphatic carbocycles. The van der Waals surface area contributed by atoms with Crippen LogP contribution in [0.3, 0.4) is 0 Å². The number of ether oxygens (including phenoxy) is 1. The molecule has 1 heterocycles. The van der Waals surface area contributed by atoms with Crippen molar-refractivity contribution in [2.45, 2.75) is 50.6 Å². The summed E-state index contributed by atoms with van der Waals surface area (Å²) in [7, 11) is 1.58. The van der Waals surface area contributed by atoms with Crippen molar-refractivity contribution in [1.82, 2.24) is 10.7 Å². The second-order valence-electron chi connectivity index (χ2n) is 12.8. The van der Waals surface area contributed by atoms with Crippen molar-refractivity contribution in [2.24, 2.45) is 22.9 Å². The number of nitrogens with zero attached hydrogens (tertiary/aromatic N) is 2. The van der Waals surface area contributed by atoms with Gasteiger partial charge in [0.05, 0.1) is 40.8 Å². The number of hydrogen-bond acceptors (Lipinski definition) is 7. The molecule has 0 bridgehead atoms. The molecule has 0 saturated carbocycles. The van der Waals surface area contributed by atoms with Crippen LogP contribution in [-0.4, -0.2) is 79.8 Å². The molecule has 3 N–H and O–H groups in total. The Morgan fingerprint density at radius 3 is 2.64 bits per heavy atom. The zero-order chi connectivity index (χ0) is 36.3. The molecule has 0 aromatic heterocycles. The summed E-state index contributed by atoms with van der Waals surface area (Å²) in [5.74, 6) is -2.21. The van der Waals surface area contributed by atoms with E-state index in [1.807, 2.05) is 31.2 Å². The number of carbonyl (C=O) groups is 3. The minimum absolute atomic E-state index is 0.0395. The molecule has 272 valence electrons. The lowest BCUT2D eigenvalue weighted by Crippen LogP contribution is -2.38. The number of carbonyl (C=O) groups excluding carboxylic acids is 3. The fraction of sp³-hybridized carbons (Fsp3) is 0.500. The van der Waals surface area contributed by atoms with Gasteiger partial charge >= 0.3 is 6.18 Å². The monoisotopic (exact) mass is 735 g/mol. The smallest absolute Gasteiger partial charge is 0.383 e. The average molecular weight is 736 g/mol. The zero-order valence-electron chi connectivity index (χ0n) is 28.5. The number of anilines is 2. The largest absolute Gasteiger partial charge is 0.397 e. The van der Waals surface area contributed by atoms with E-state index in [1.165, 1.54) is 19.1 Å². The van der Waals surface area contributed by atoms with Gasteiger partial charge in [0, 0.05) is 50.4 Å². The molecule has 50 heavy (non-hydrogen) atoms. The summed E-state index contributed by atoms with van der Waals surface area (Å²) in [5.41, 5.74) is 4.83. The molecule has 1 fully saturated rings. The lowest BCUT2D eigenvalue weighted by Gasteiger charge is -2.31. The van der Waals surface area contributed by atoms with Crippen molar-refractivity contribution < 1.29 is 32.3 Å². The lowest BCUT2D eigenvalue weighted by molar-refractivity contribution is -0.166. The molecule has 4 rings (SSSR count). The summed E-state index contributed by atoms with van der Waals surface area (Å²) in [4.78, 5) is 39.7. The van der Waals surface area contributed by atoms with E-state index < -0.39 is 28.8 Å². The molecule has 0 radical (unpaired) electrons. The maximum Gasteiger partial charge on any atom is 0.397 e. The second kappa shape index (κ2) is 18.1. The van der Waals surface area contributed by atoms with E-state index in [9.17, 15) is 27.6 Å². The number of hydrogen-bond donors (Lipinski definition) is 3. The molecule has 9 nitrogen and oxygen atoms in total. The van der Waals surface area contributed by atoms with Gasteiger partial charge in [-0.3, -0.25) is 14.4 Å². The quantitative estimate of drug-likeness (QED) is 0.0856. The first-order valence-electron chi connectivity index (χ1n) is 16.7. The predicted molar refractivity (Wildman–Crippen MR) is 195 cm³/mol. The molecule has 0 spiro atoms. The average Bonchev–Trinajstić information content (AvgIpc) is 3.08. The number of piperidine rings is 1. The second-order valence-corrected chi connectivity index (χ2v) is 14.7. The van der Waals surface area contributed by atoms with Crippen LogP contribution in [0.25, 0.3) is 0 Å². The minimum atomic E-state index is -4.56. The van der Waals surface area contributed by atoms with Gasteiger partial charge in [-0.2, -0.15) is 30.0 Å². The van der Waals surface area contributed by atoms with Crippen molar-refractivity contribution in [2.75, 3.05) is 55.1 Å². The molecule has 1 aromatic carbocycles. The van der Waals surface area contributed by atoms with E-state index in [0.29, 0.717) is 36.8 Å². The molecule has 1 aliphatic heterocycles. The number of alkyl halides is 4. The van der Waals surface area contributed by atoms with Gasteiger partial charge in [0.2, 0.25) is 11.8 Å². The summed E-state index contributed by atoms with van der Waals surface area (Å²) in [6.45, 7) is 5.83. The number of thioether (sulfide) groups is 1. The van der Waals surface area contributed by atoms with Crippen LogP contribution in [0.15, 0.2) is 70.9 Å². The minimum Gasteiger partial charge on any atom is -0.383 e. The molecule has 14 heteroatoms. The number of hydrazone groups is 1.